The first-order valence-electron chi connectivity index (χ1n) is 5.27. The first kappa shape index (κ1) is 7.37. The first-order valence-corrected chi connectivity index (χ1v) is 5.27. The zero-order chi connectivity index (χ0) is 8.56. The predicted molar refractivity (Wildman–Crippen MR) is 49.9 cm³/mol. The molecule has 12 heavy (non-hydrogen) atoms. The van der Waals surface area contributed by atoms with Crippen LogP contribution >= 0.6 is 0 Å². The highest BCUT2D eigenvalue weighted by Gasteiger charge is 2.64. The van der Waals surface area contributed by atoms with Crippen LogP contribution < -0.4 is 5.32 Å². The highest BCUT2D eigenvalue weighted by atomic mass is 15.0. The minimum absolute atomic E-state index is 0.584. The first-order chi connectivity index (χ1) is 5.54. The van der Waals surface area contributed by atoms with Crippen LogP contribution in [0.15, 0.2) is 0 Å². The van der Waals surface area contributed by atoms with Gasteiger partial charge in [-0.3, -0.25) is 0 Å². The van der Waals surface area contributed by atoms with Crippen LogP contribution in [0.25, 0.3) is 0 Å². The van der Waals surface area contributed by atoms with Crippen LogP contribution in [-0.2, 0) is 0 Å². The maximum Gasteiger partial charge on any atom is 0.0155 e. The highest BCUT2D eigenvalue weighted by molar-refractivity contribution is 5.17. The highest BCUT2D eigenvalue weighted by Crippen LogP contribution is 2.65. The molecule has 2 aliphatic carbocycles. The van der Waals surface area contributed by atoms with Gasteiger partial charge in [-0.1, -0.05) is 20.8 Å². The van der Waals surface area contributed by atoms with Crippen molar-refractivity contribution in [2.75, 3.05) is 6.54 Å². The summed E-state index contributed by atoms with van der Waals surface area (Å²) in [5.74, 6) is 2.00. The van der Waals surface area contributed by atoms with Crippen molar-refractivity contribution in [3.63, 3.8) is 0 Å². The van der Waals surface area contributed by atoms with Crippen molar-refractivity contribution < 1.29 is 0 Å². The Morgan fingerprint density at radius 2 is 2.00 bits per heavy atom. The Labute approximate surface area is 74.9 Å². The second-order valence-electron chi connectivity index (χ2n) is 6.08. The predicted octanol–water partition coefficient (Wildman–Crippen LogP) is 2.03. The van der Waals surface area contributed by atoms with E-state index < -0.39 is 0 Å². The van der Waals surface area contributed by atoms with E-state index in [1.807, 2.05) is 0 Å². The molecule has 0 aromatic carbocycles. The molecule has 68 valence electrons. The maximum absolute atomic E-state index is 3.74. The zero-order valence-corrected chi connectivity index (χ0v) is 8.35. The van der Waals surface area contributed by atoms with Gasteiger partial charge in [0, 0.05) is 12.6 Å². The molecule has 0 aromatic rings. The summed E-state index contributed by atoms with van der Waals surface area (Å²) in [5.41, 5.74) is 1.26. The Bertz CT molecular complexity index is 233. The van der Waals surface area contributed by atoms with Gasteiger partial charge in [-0.2, -0.15) is 0 Å². The number of fused-ring (bicyclic) bond motifs is 1. The van der Waals surface area contributed by atoms with Crippen molar-refractivity contribution in [2.24, 2.45) is 22.7 Å². The van der Waals surface area contributed by atoms with Crippen LogP contribution in [0.2, 0.25) is 0 Å². The lowest BCUT2D eigenvalue weighted by molar-refractivity contribution is 0.131. The molecule has 1 heteroatoms. The van der Waals surface area contributed by atoms with Gasteiger partial charge in [0.25, 0.3) is 0 Å². The average molecular weight is 165 g/mol. The molecule has 4 unspecified atom stereocenters. The third-order valence-corrected chi connectivity index (χ3v) is 5.13. The molecule has 1 nitrogen and oxygen atoms in total. The Morgan fingerprint density at radius 1 is 1.25 bits per heavy atom. The number of nitrogens with one attached hydrogen (secondary N) is 1. The van der Waals surface area contributed by atoms with Gasteiger partial charge in [-0.05, 0) is 35.5 Å². The molecule has 2 bridgehead atoms. The van der Waals surface area contributed by atoms with Crippen molar-refractivity contribution in [2.45, 2.75) is 39.7 Å². The van der Waals surface area contributed by atoms with Crippen molar-refractivity contribution in [3.8, 4) is 0 Å². The molecule has 4 atom stereocenters. The molecule has 3 rings (SSSR count). The Kier molecular flexibility index (Phi) is 1.07. The van der Waals surface area contributed by atoms with E-state index in [9.17, 15) is 0 Å². The molecule has 1 saturated heterocycles. The maximum atomic E-state index is 3.74. The molecule has 0 spiro atoms. The van der Waals surface area contributed by atoms with Gasteiger partial charge in [0.1, 0.15) is 0 Å². The normalized spacial score (nSPS) is 59.8. The van der Waals surface area contributed by atoms with Gasteiger partial charge < -0.3 is 5.32 Å². The fourth-order valence-corrected chi connectivity index (χ4v) is 4.22. The number of hydrogen-bond donors (Lipinski definition) is 1. The fraction of sp³-hybridized carbons (Fsp3) is 1.00. The fourth-order valence-electron chi connectivity index (χ4n) is 4.22. The summed E-state index contributed by atoms with van der Waals surface area (Å²) in [6.45, 7) is 8.68. The summed E-state index contributed by atoms with van der Waals surface area (Å²) in [4.78, 5) is 0. The van der Waals surface area contributed by atoms with Gasteiger partial charge in [0.2, 0.25) is 0 Å². The van der Waals surface area contributed by atoms with Gasteiger partial charge in [0.05, 0.1) is 0 Å². The van der Waals surface area contributed by atoms with E-state index in [4.69, 9.17) is 0 Å². The second-order valence-corrected chi connectivity index (χ2v) is 6.08. The zero-order valence-electron chi connectivity index (χ0n) is 8.35. The average Bonchev–Trinajstić information content (AvgIpc) is 2.44. The lowest BCUT2D eigenvalue weighted by Crippen LogP contribution is -2.41. The summed E-state index contributed by atoms with van der Waals surface area (Å²) in [6.07, 6.45) is 2.98. The largest absolute Gasteiger partial charge is 0.313 e. The Balaban J connectivity index is 2.06. The van der Waals surface area contributed by atoms with E-state index in [0.717, 1.165) is 17.9 Å². The van der Waals surface area contributed by atoms with Crippen molar-refractivity contribution in [3.05, 3.63) is 0 Å². The SMILES string of the molecule is CC12CNC3C1CC(C2)C3(C)C. The molecule has 1 aliphatic heterocycles. The van der Waals surface area contributed by atoms with Gasteiger partial charge in [0.15, 0.2) is 0 Å². The van der Waals surface area contributed by atoms with Crippen molar-refractivity contribution in [1.82, 2.24) is 5.32 Å². The monoisotopic (exact) mass is 165 g/mol. The topological polar surface area (TPSA) is 12.0 Å². The molecule has 3 fully saturated rings. The molecule has 0 radical (unpaired) electrons. The van der Waals surface area contributed by atoms with Crippen LogP contribution in [0.3, 0.4) is 0 Å². The standard InChI is InChI=1S/C11H19N/c1-10(2)7-4-8-9(10)12-6-11(8,3)5-7/h7-9,12H,4-6H2,1-3H3. The van der Waals surface area contributed by atoms with E-state index in [2.05, 4.69) is 26.1 Å². The van der Waals surface area contributed by atoms with Gasteiger partial charge >= 0.3 is 0 Å². The third-order valence-electron chi connectivity index (χ3n) is 5.13. The van der Waals surface area contributed by atoms with E-state index in [1.54, 1.807) is 0 Å². The molecule has 0 aromatic heterocycles. The third kappa shape index (κ3) is 0.585. The summed E-state index contributed by atoms with van der Waals surface area (Å²) >= 11 is 0. The molecule has 1 N–H and O–H groups in total. The number of hydrogen-bond acceptors (Lipinski definition) is 1. The van der Waals surface area contributed by atoms with Crippen LogP contribution in [-0.4, -0.2) is 12.6 Å². The number of rotatable bonds is 0. The molecule has 2 saturated carbocycles. The molecule has 0 amide bonds. The minimum atomic E-state index is 0.584. The lowest BCUT2D eigenvalue weighted by atomic mass is 9.66. The summed E-state index contributed by atoms with van der Waals surface area (Å²) in [5, 5.41) is 3.74. The van der Waals surface area contributed by atoms with Crippen LogP contribution in [0.1, 0.15) is 33.6 Å². The van der Waals surface area contributed by atoms with Crippen LogP contribution in [0.5, 0.6) is 0 Å². The van der Waals surface area contributed by atoms with Gasteiger partial charge in [-0.15, -0.1) is 0 Å². The van der Waals surface area contributed by atoms with E-state index >= 15 is 0 Å². The second kappa shape index (κ2) is 1.75. The Morgan fingerprint density at radius 3 is 2.58 bits per heavy atom. The quantitative estimate of drug-likeness (QED) is 0.579. The smallest absolute Gasteiger partial charge is 0.0155 e. The minimum Gasteiger partial charge on any atom is -0.313 e. The van der Waals surface area contributed by atoms with E-state index in [-0.39, 0.29) is 0 Å². The van der Waals surface area contributed by atoms with Gasteiger partial charge in [-0.25, -0.2) is 0 Å². The summed E-state index contributed by atoms with van der Waals surface area (Å²) in [6, 6.07) is 0.834. The summed E-state index contributed by atoms with van der Waals surface area (Å²) in [7, 11) is 0. The molecule has 1 heterocycles. The van der Waals surface area contributed by atoms with Crippen molar-refractivity contribution in [1.29, 1.82) is 0 Å². The van der Waals surface area contributed by atoms with Crippen LogP contribution in [0, 0.1) is 22.7 Å². The molecular formula is C11H19N. The van der Waals surface area contributed by atoms with Crippen LogP contribution in [0.4, 0.5) is 0 Å². The molecule has 3 aliphatic rings. The Hall–Kier alpha value is -0.0400. The van der Waals surface area contributed by atoms with E-state index in [0.29, 0.717) is 10.8 Å². The van der Waals surface area contributed by atoms with E-state index in [1.165, 1.54) is 19.4 Å². The molecular weight excluding hydrogens is 146 g/mol. The van der Waals surface area contributed by atoms with Crippen molar-refractivity contribution >= 4 is 0 Å². The summed E-state index contributed by atoms with van der Waals surface area (Å²) < 4.78 is 0. The lowest BCUT2D eigenvalue weighted by Gasteiger charge is -2.38.